The molecule has 0 bridgehead atoms. The lowest BCUT2D eigenvalue weighted by molar-refractivity contribution is -0.273. The van der Waals surface area contributed by atoms with Crippen molar-refractivity contribution in [2.24, 2.45) is 56.2 Å². The lowest BCUT2D eigenvalue weighted by Crippen LogP contribution is -2.69. The molecule has 5 rings (SSSR count). The molecule has 0 spiro atoms. The zero-order chi connectivity index (χ0) is 24.1. The van der Waals surface area contributed by atoms with Gasteiger partial charge in [0.1, 0.15) is 5.78 Å². The van der Waals surface area contributed by atoms with Crippen LogP contribution in [0.1, 0.15) is 112 Å². The van der Waals surface area contributed by atoms with Crippen LogP contribution in [0.15, 0.2) is 0 Å². The van der Waals surface area contributed by atoms with Gasteiger partial charge in [-0.2, -0.15) is 0 Å². The summed E-state index contributed by atoms with van der Waals surface area (Å²) in [6.45, 7) is 15.2. The molecule has 2 N–H and O–H groups in total. The van der Waals surface area contributed by atoms with E-state index in [1.54, 1.807) is 0 Å². The topological polar surface area (TPSA) is 57.5 Å². The molecule has 5 fully saturated rings. The van der Waals surface area contributed by atoms with Crippen LogP contribution in [0.25, 0.3) is 0 Å². The molecule has 0 amide bonds. The fourth-order valence-corrected chi connectivity index (χ4v) is 11.2. The lowest BCUT2D eigenvalue weighted by atomic mass is 9.30. The van der Waals surface area contributed by atoms with Gasteiger partial charge in [-0.15, -0.1) is 0 Å². The van der Waals surface area contributed by atoms with Crippen LogP contribution in [0.2, 0.25) is 0 Å². The van der Waals surface area contributed by atoms with Crippen LogP contribution >= 0.6 is 0 Å². The fraction of sp³-hybridized carbons (Fsp3) is 0.967. The van der Waals surface area contributed by atoms with Crippen LogP contribution in [0.5, 0.6) is 0 Å². The van der Waals surface area contributed by atoms with E-state index in [0.717, 1.165) is 38.5 Å². The van der Waals surface area contributed by atoms with Gasteiger partial charge < -0.3 is 10.2 Å². The van der Waals surface area contributed by atoms with Crippen molar-refractivity contribution in [2.75, 3.05) is 13.2 Å². The normalized spacial score (nSPS) is 55.7. The molecule has 0 aromatic heterocycles. The van der Waals surface area contributed by atoms with Crippen LogP contribution in [-0.2, 0) is 4.79 Å². The standard InChI is InChI=1S/C30H50O3/c1-20-21(33)7-8-22-26(20,4)10-9-23-27(5)12-15-29(18-31)14-11-25(2,3)17-24(29)28(27,6)13-16-30(22,23)19-32/h20,22-24,31-32H,7-19H2,1-6H3/t20-,22+,23+,24-,26+,27+,28-,29+,30+/m0/s1. The van der Waals surface area contributed by atoms with Gasteiger partial charge in [0.15, 0.2) is 0 Å². The minimum atomic E-state index is -0.0420. The van der Waals surface area contributed by atoms with E-state index in [2.05, 4.69) is 41.5 Å². The van der Waals surface area contributed by atoms with Gasteiger partial charge >= 0.3 is 0 Å². The first-order chi connectivity index (χ1) is 15.3. The van der Waals surface area contributed by atoms with Gasteiger partial charge in [-0.3, -0.25) is 4.79 Å². The quantitative estimate of drug-likeness (QED) is 0.503. The number of carbonyl (C=O) groups excluding carboxylic acids is 1. The summed E-state index contributed by atoms with van der Waals surface area (Å²) in [7, 11) is 0. The van der Waals surface area contributed by atoms with Crippen molar-refractivity contribution in [3.63, 3.8) is 0 Å². The number of carbonyl (C=O) groups is 1. The van der Waals surface area contributed by atoms with Gasteiger partial charge in [0.25, 0.3) is 0 Å². The Kier molecular flexibility index (Phi) is 5.38. The zero-order valence-electron chi connectivity index (χ0n) is 22.3. The molecule has 9 atom stereocenters. The van der Waals surface area contributed by atoms with Crippen LogP contribution < -0.4 is 0 Å². The highest BCUT2D eigenvalue weighted by molar-refractivity contribution is 5.82. The highest BCUT2D eigenvalue weighted by Gasteiger charge is 2.72. The maximum absolute atomic E-state index is 12.7. The summed E-state index contributed by atoms with van der Waals surface area (Å²) < 4.78 is 0. The summed E-state index contributed by atoms with van der Waals surface area (Å²) in [5, 5.41) is 21.9. The fourth-order valence-electron chi connectivity index (χ4n) is 11.2. The van der Waals surface area contributed by atoms with E-state index in [9.17, 15) is 15.0 Å². The molecule has 0 unspecified atom stereocenters. The van der Waals surface area contributed by atoms with Gasteiger partial charge in [-0.25, -0.2) is 0 Å². The molecule has 0 aromatic carbocycles. The Hall–Kier alpha value is -0.410. The second-order valence-electron chi connectivity index (χ2n) is 15.0. The Labute approximate surface area is 202 Å². The van der Waals surface area contributed by atoms with E-state index in [0.29, 0.717) is 42.0 Å². The number of aliphatic hydroxyl groups is 2. The number of rotatable bonds is 2. The summed E-state index contributed by atoms with van der Waals surface area (Å²) in [6.07, 6.45) is 12.2. The molecule has 0 radical (unpaired) electrons. The van der Waals surface area contributed by atoms with Crippen LogP contribution in [0, 0.1) is 56.2 Å². The smallest absolute Gasteiger partial charge is 0.136 e. The summed E-state index contributed by atoms with van der Waals surface area (Å²) in [5.74, 6) is 2.11. The van der Waals surface area contributed by atoms with E-state index in [4.69, 9.17) is 0 Å². The third-order valence-corrected chi connectivity index (χ3v) is 13.8. The Morgan fingerprint density at radius 1 is 0.758 bits per heavy atom. The Balaban J connectivity index is 1.58. The van der Waals surface area contributed by atoms with Crippen LogP contribution in [0.4, 0.5) is 0 Å². The molecule has 33 heavy (non-hydrogen) atoms. The van der Waals surface area contributed by atoms with Gasteiger partial charge in [-0.1, -0.05) is 41.5 Å². The second kappa shape index (κ2) is 7.31. The number of aliphatic hydroxyl groups excluding tert-OH is 2. The van der Waals surface area contributed by atoms with Crippen molar-refractivity contribution in [1.29, 1.82) is 0 Å². The average molecular weight is 459 g/mol. The average Bonchev–Trinajstić information content (AvgIpc) is 2.78. The number of Topliss-reactive ketones (excluding diaryl/α,β-unsaturated/α-hetero) is 1. The summed E-state index contributed by atoms with van der Waals surface area (Å²) in [5.41, 5.74) is 0.836. The van der Waals surface area contributed by atoms with E-state index >= 15 is 0 Å². The third-order valence-electron chi connectivity index (χ3n) is 13.8. The van der Waals surface area contributed by atoms with Gasteiger partial charge in [0.05, 0.1) is 0 Å². The molecule has 188 valence electrons. The number of fused-ring (bicyclic) bond motifs is 7. The molecular formula is C30H50O3. The first-order valence-corrected chi connectivity index (χ1v) is 14.1. The van der Waals surface area contributed by atoms with Crippen molar-refractivity contribution in [3.8, 4) is 0 Å². The van der Waals surface area contributed by atoms with E-state index < -0.39 is 0 Å². The number of ketones is 1. The molecule has 3 nitrogen and oxygen atoms in total. The van der Waals surface area contributed by atoms with Crippen LogP contribution in [-0.4, -0.2) is 29.2 Å². The van der Waals surface area contributed by atoms with Crippen LogP contribution in [0.3, 0.4) is 0 Å². The maximum Gasteiger partial charge on any atom is 0.136 e. The van der Waals surface area contributed by atoms with E-state index in [-0.39, 0.29) is 39.6 Å². The molecule has 5 aliphatic carbocycles. The van der Waals surface area contributed by atoms with Gasteiger partial charge in [-0.05, 0) is 109 Å². The zero-order valence-corrected chi connectivity index (χ0v) is 22.3. The largest absolute Gasteiger partial charge is 0.396 e. The maximum atomic E-state index is 12.7. The summed E-state index contributed by atoms with van der Waals surface area (Å²) in [4.78, 5) is 12.7. The van der Waals surface area contributed by atoms with Gasteiger partial charge in [0.2, 0.25) is 0 Å². The minimum absolute atomic E-state index is 0.0367. The molecular weight excluding hydrogens is 408 g/mol. The Morgan fingerprint density at radius 3 is 2.06 bits per heavy atom. The van der Waals surface area contributed by atoms with Crippen molar-refractivity contribution >= 4 is 5.78 Å². The van der Waals surface area contributed by atoms with Gasteiger partial charge in [0, 0.05) is 31.0 Å². The molecule has 5 saturated carbocycles. The third kappa shape index (κ3) is 2.90. The predicted octanol–water partition coefficient (Wildman–Crippen LogP) is 6.40. The molecule has 0 aliphatic heterocycles. The van der Waals surface area contributed by atoms with E-state index in [1.165, 1.54) is 25.7 Å². The Bertz CT molecular complexity index is 819. The van der Waals surface area contributed by atoms with E-state index in [1.807, 2.05) is 0 Å². The molecule has 0 heterocycles. The van der Waals surface area contributed by atoms with Crippen molar-refractivity contribution < 1.29 is 15.0 Å². The lowest BCUT2D eigenvalue weighted by Gasteiger charge is -2.75. The molecule has 0 aromatic rings. The first kappa shape index (κ1) is 24.3. The number of hydrogen-bond donors (Lipinski definition) is 2. The second-order valence-corrected chi connectivity index (χ2v) is 15.0. The highest BCUT2D eigenvalue weighted by Crippen LogP contribution is 2.78. The molecule has 3 heteroatoms. The summed E-state index contributed by atoms with van der Waals surface area (Å²) >= 11 is 0. The molecule has 0 saturated heterocycles. The molecule has 5 aliphatic rings. The first-order valence-electron chi connectivity index (χ1n) is 14.1. The predicted molar refractivity (Wildman–Crippen MR) is 133 cm³/mol. The summed E-state index contributed by atoms with van der Waals surface area (Å²) in [6, 6.07) is 0. The SMILES string of the molecule is C[C@H]1C(=O)CC[C@@H]2[C@]1(C)CC[C@H]1[C@@]2(CO)CC[C@@]2(C)[C@@H]3CC(C)(C)CC[C@]3(CO)CC[C@]12C. The van der Waals surface area contributed by atoms with Crippen molar-refractivity contribution in [2.45, 2.75) is 112 Å². The monoisotopic (exact) mass is 458 g/mol. The minimum Gasteiger partial charge on any atom is -0.396 e. The highest BCUT2D eigenvalue weighted by atomic mass is 16.3. The number of hydrogen-bond acceptors (Lipinski definition) is 3. The van der Waals surface area contributed by atoms with Crippen molar-refractivity contribution in [1.82, 2.24) is 0 Å². The van der Waals surface area contributed by atoms with Crippen molar-refractivity contribution in [3.05, 3.63) is 0 Å². The Morgan fingerprint density at radius 2 is 1.39 bits per heavy atom.